The fraction of sp³-hybridized carbons (Fsp3) is 0.438. The van der Waals surface area contributed by atoms with Gasteiger partial charge in [0.25, 0.3) is 5.69 Å². The zero-order chi connectivity index (χ0) is 17.6. The minimum Gasteiger partial charge on any atom is -0.388 e. The van der Waals surface area contributed by atoms with E-state index < -0.39 is 27.9 Å². The van der Waals surface area contributed by atoms with Crippen molar-refractivity contribution in [3.8, 4) is 0 Å². The topological polar surface area (TPSA) is 92.5 Å². The van der Waals surface area contributed by atoms with Gasteiger partial charge in [-0.3, -0.25) is 14.9 Å². The van der Waals surface area contributed by atoms with Crippen LogP contribution in [-0.4, -0.2) is 28.1 Å². The van der Waals surface area contributed by atoms with Gasteiger partial charge in [-0.1, -0.05) is 20.3 Å². The molecule has 0 saturated carbocycles. The van der Waals surface area contributed by atoms with Crippen LogP contribution in [0.1, 0.15) is 32.8 Å². The number of halogens is 1. The summed E-state index contributed by atoms with van der Waals surface area (Å²) in [4.78, 5) is 21.9. The minimum absolute atomic E-state index is 0.00460. The molecule has 1 amide bonds. The molecule has 6 nitrogen and oxygen atoms in total. The van der Waals surface area contributed by atoms with Crippen LogP contribution in [0.3, 0.4) is 0 Å². The number of rotatable bonds is 7. The zero-order valence-electron chi connectivity index (χ0n) is 13.4. The van der Waals surface area contributed by atoms with Crippen molar-refractivity contribution >= 4 is 17.7 Å². The number of amides is 1. The molecule has 0 aromatic heterocycles. The number of carbonyl (C=O) groups is 1. The second-order valence-corrected chi connectivity index (χ2v) is 5.68. The highest BCUT2D eigenvalue weighted by atomic mass is 19.1. The van der Waals surface area contributed by atoms with E-state index in [9.17, 15) is 24.4 Å². The van der Waals surface area contributed by atoms with E-state index in [-0.39, 0.29) is 18.0 Å². The minimum atomic E-state index is -1.04. The molecule has 2 N–H and O–H groups in total. The maximum atomic E-state index is 13.0. The van der Waals surface area contributed by atoms with Gasteiger partial charge in [-0.25, -0.2) is 4.39 Å². The van der Waals surface area contributed by atoms with Gasteiger partial charge in [0, 0.05) is 12.6 Å². The first-order valence-electron chi connectivity index (χ1n) is 7.29. The Morgan fingerprint density at radius 1 is 1.57 bits per heavy atom. The molecule has 1 rings (SSSR count). The lowest BCUT2D eigenvalue weighted by Crippen LogP contribution is -2.44. The lowest BCUT2D eigenvalue weighted by molar-refractivity contribution is -0.385. The summed E-state index contributed by atoms with van der Waals surface area (Å²) in [5.41, 5.74) is -1.33. The molecule has 23 heavy (non-hydrogen) atoms. The standard InChI is InChI=1S/C16H21FN2O4/c1-4-11(2)16(3,21)10-18-15(20)8-6-12-5-7-13(17)9-14(12)19(22)23/h5-9,11,21H,4,10H2,1-3H3,(H,18,20). The Hall–Kier alpha value is -2.28. The first-order valence-corrected chi connectivity index (χ1v) is 7.29. The van der Waals surface area contributed by atoms with Crippen molar-refractivity contribution in [3.05, 3.63) is 45.8 Å². The highest BCUT2D eigenvalue weighted by Gasteiger charge is 2.27. The van der Waals surface area contributed by atoms with Crippen LogP contribution in [0.25, 0.3) is 6.08 Å². The number of nitrogens with zero attached hydrogens (tertiary/aromatic N) is 1. The van der Waals surface area contributed by atoms with E-state index in [4.69, 9.17) is 0 Å². The Morgan fingerprint density at radius 3 is 2.78 bits per heavy atom. The Labute approximate surface area is 134 Å². The summed E-state index contributed by atoms with van der Waals surface area (Å²) >= 11 is 0. The van der Waals surface area contributed by atoms with E-state index in [2.05, 4.69) is 5.32 Å². The van der Waals surface area contributed by atoms with Crippen molar-refractivity contribution in [2.75, 3.05) is 6.54 Å². The van der Waals surface area contributed by atoms with Gasteiger partial charge >= 0.3 is 0 Å². The summed E-state index contributed by atoms with van der Waals surface area (Å²) in [5, 5.41) is 23.6. The van der Waals surface area contributed by atoms with Crippen molar-refractivity contribution in [2.24, 2.45) is 5.92 Å². The summed E-state index contributed by atoms with van der Waals surface area (Å²) in [7, 11) is 0. The molecule has 0 aliphatic rings. The summed E-state index contributed by atoms with van der Waals surface area (Å²) < 4.78 is 13.0. The van der Waals surface area contributed by atoms with Crippen LogP contribution in [0.2, 0.25) is 0 Å². The smallest absolute Gasteiger partial charge is 0.279 e. The van der Waals surface area contributed by atoms with Gasteiger partial charge in [0.15, 0.2) is 0 Å². The van der Waals surface area contributed by atoms with Crippen LogP contribution in [0.15, 0.2) is 24.3 Å². The molecule has 0 fully saturated rings. The van der Waals surface area contributed by atoms with Crippen molar-refractivity contribution < 1.29 is 19.2 Å². The molecule has 0 radical (unpaired) electrons. The zero-order valence-corrected chi connectivity index (χ0v) is 13.4. The van der Waals surface area contributed by atoms with Gasteiger partial charge in [-0.05, 0) is 31.1 Å². The molecule has 2 atom stereocenters. The number of nitro benzene ring substituents is 1. The summed E-state index contributed by atoms with van der Waals surface area (Å²) in [6.07, 6.45) is 3.12. The van der Waals surface area contributed by atoms with E-state index in [0.29, 0.717) is 0 Å². The highest BCUT2D eigenvalue weighted by molar-refractivity contribution is 5.92. The van der Waals surface area contributed by atoms with Crippen molar-refractivity contribution in [3.63, 3.8) is 0 Å². The third kappa shape index (κ3) is 5.45. The van der Waals surface area contributed by atoms with E-state index in [0.717, 1.165) is 24.6 Å². The average molecular weight is 324 g/mol. The molecule has 2 unspecified atom stereocenters. The van der Waals surface area contributed by atoms with Crippen molar-refractivity contribution in [2.45, 2.75) is 32.8 Å². The molecule has 7 heteroatoms. The molecule has 1 aromatic rings. The fourth-order valence-electron chi connectivity index (χ4n) is 1.92. The highest BCUT2D eigenvalue weighted by Crippen LogP contribution is 2.21. The summed E-state index contributed by atoms with van der Waals surface area (Å²) in [6.45, 7) is 5.52. The maximum Gasteiger partial charge on any atom is 0.279 e. The van der Waals surface area contributed by atoms with Gasteiger partial charge in [0.2, 0.25) is 5.91 Å². The molecular formula is C16H21FN2O4. The number of hydrogen-bond donors (Lipinski definition) is 2. The van der Waals surface area contributed by atoms with E-state index in [1.807, 2.05) is 13.8 Å². The van der Waals surface area contributed by atoms with Gasteiger partial charge in [-0.2, -0.15) is 0 Å². The van der Waals surface area contributed by atoms with Gasteiger partial charge in [0.1, 0.15) is 5.82 Å². The lowest BCUT2D eigenvalue weighted by Gasteiger charge is -2.29. The first-order chi connectivity index (χ1) is 10.7. The summed E-state index contributed by atoms with van der Waals surface area (Å²) in [5.74, 6) is -1.21. The number of nitro groups is 1. The van der Waals surface area contributed by atoms with Crippen LogP contribution in [0.4, 0.5) is 10.1 Å². The summed E-state index contributed by atoms with van der Waals surface area (Å²) in [6, 6.07) is 3.11. The molecule has 0 saturated heterocycles. The molecule has 0 spiro atoms. The quantitative estimate of drug-likeness (QED) is 0.458. The molecule has 1 aromatic carbocycles. The Kier molecular flexibility index (Phi) is 6.38. The van der Waals surface area contributed by atoms with Crippen LogP contribution >= 0.6 is 0 Å². The van der Waals surface area contributed by atoms with Gasteiger partial charge in [0.05, 0.1) is 22.2 Å². The second kappa shape index (κ2) is 7.82. The Balaban J connectivity index is 2.75. The Morgan fingerprint density at radius 2 is 2.22 bits per heavy atom. The predicted octanol–water partition coefficient (Wildman–Crippen LogP) is 2.66. The average Bonchev–Trinajstić information content (AvgIpc) is 2.50. The van der Waals surface area contributed by atoms with Crippen LogP contribution in [0.5, 0.6) is 0 Å². The molecule has 0 bridgehead atoms. The predicted molar refractivity (Wildman–Crippen MR) is 85.2 cm³/mol. The molecule has 0 aliphatic carbocycles. The molecular weight excluding hydrogens is 303 g/mol. The maximum absolute atomic E-state index is 13.0. The molecule has 0 aliphatic heterocycles. The van der Waals surface area contributed by atoms with Crippen LogP contribution in [0, 0.1) is 21.8 Å². The van der Waals surface area contributed by atoms with Gasteiger partial charge in [-0.15, -0.1) is 0 Å². The third-order valence-electron chi connectivity index (χ3n) is 3.90. The van der Waals surface area contributed by atoms with Crippen LogP contribution in [-0.2, 0) is 4.79 Å². The molecule has 0 heterocycles. The first kappa shape index (κ1) is 18.8. The van der Waals surface area contributed by atoms with Crippen LogP contribution < -0.4 is 5.32 Å². The Bertz CT molecular complexity index is 614. The number of hydrogen-bond acceptors (Lipinski definition) is 4. The lowest BCUT2D eigenvalue weighted by atomic mass is 9.89. The van der Waals surface area contributed by atoms with Gasteiger partial charge < -0.3 is 10.4 Å². The van der Waals surface area contributed by atoms with E-state index in [1.54, 1.807) is 6.92 Å². The number of nitrogens with one attached hydrogen (secondary N) is 1. The number of aliphatic hydroxyl groups is 1. The van der Waals surface area contributed by atoms with E-state index in [1.165, 1.54) is 12.1 Å². The largest absolute Gasteiger partial charge is 0.388 e. The van der Waals surface area contributed by atoms with Crippen molar-refractivity contribution in [1.29, 1.82) is 0 Å². The monoisotopic (exact) mass is 324 g/mol. The third-order valence-corrected chi connectivity index (χ3v) is 3.90. The van der Waals surface area contributed by atoms with E-state index >= 15 is 0 Å². The number of carbonyl (C=O) groups excluding carboxylic acids is 1. The SMILES string of the molecule is CCC(C)C(C)(O)CNC(=O)C=Cc1ccc(F)cc1[N+](=O)[O-]. The number of benzene rings is 1. The van der Waals surface area contributed by atoms with Crippen molar-refractivity contribution in [1.82, 2.24) is 5.32 Å². The normalized spacial score (nSPS) is 15.2. The molecule has 126 valence electrons. The fourth-order valence-corrected chi connectivity index (χ4v) is 1.92. The second-order valence-electron chi connectivity index (χ2n) is 5.68.